The van der Waals surface area contributed by atoms with Gasteiger partial charge in [0.05, 0.1) is 0 Å². The van der Waals surface area contributed by atoms with Gasteiger partial charge in [-0.3, -0.25) is 0 Å². The van der Waals surface area contributed by atoms with Crippen LogP contribution < -0.4 is 4.90 Å². The van der Waals surface area contributed by atoms with Crippen molar-refractivity contribution in [1.29, 1.82) is 0 Å². The molecule has 0 radical (unpaired) electrons. The van der Waals surface area contributed by atoms with Gasteiger partial charge in [0.25, 0.3) is 0 Å². The number of benzene rings is 11. The first-order chi connectivity index (χ1) is 31.7. The van der Waals surface area contributed by atoms with Gasteiger partial charge >= 0.3 is 0 Å². The summed E-state index contributed by atoms with van der Waals surface area (Å²) in [5.41, 5.74) is 21.1. The van der Waals surface area contributed by atoms with Crippen LogP contribution in [-0.2, 0) is 0 Å². The van der Waals surface area contributed by atoms with Crippen LogP contribution in [0.15, 0.2) is 200 Å². The molecular weight excluding hydrogens is 783 g/mol. The fraction of sp³-hybridized carbons (Fsp3) is 0.0938. The van der Waals surface area contributed by atoms with Crippen LogP contribution >= 0.6 is 0 Å². The van der Waals surface area contributed by atoms with Crippen molar-refractivity contribution >= 4 is 60.2 Å². The van der Waals surface area contributed by atoms with Crippen molar-refractivity contribution < 1.29 is 0 Å². The lowest BCUT2D eigenvalue weighted by Gasteiger charge is -2.32. The van der Waals surface area contributed by atoms with Gasteiger partial charge in [0.15, 0.2) is 0 Å². The summed E-state index contributed by atoms with van der Waals surface area (Å²) in [6, 6.07) is 74.3. The monoisotopic (exact) mass is 833 g/mol. The first-order valence-electron chi connectivity index (χ1n) is 22.8. The molecule has 0 aliphatic carbocycles. The third-order valence-electron chi connectivity index (χ3n) is 13.8. The van der Waals surface area contributed by atoms with Crippen LogP contribution in [0.5, 0.6) is 0 Å². The molecule has 11 rings (SSSR count). The minimum absolute atomic E-state index is 1.18. The van der Waals surface area contributed by atoms with Gasteiger partial charge in [0, 0.05) is 17.1 Å². The Balaban J connectivity index is 1.09. The molecular formula is C64H51N. The van der Waals surface area contributed by atoms with Gasteiger partial charge in [-0.1, -0.05) is 164 Å². The molecule has 0 atom stereocenters. The molecule has 11 aromatic rings. The molecule has 0 aromatic heterocycles. The standard InChI is InChI=1S/C64H51N/c1-40-37-62(43(4)34-59(40)53-30-16-22-47-19-8-11-25-50(47)53)65(63-38-41(2)60(35-44(63)5)54-31-17-23-48-20-9-12-26-51(48)54)64-39-42(3)61(36-45(64)6)58-33-32-57(55-27-13-14-28-56(55)58)52-29-15-21-46-18-7-10-24-49(46)52/h7-39H,1-6H3. The van der Waals surface area contributed by atoms with Crippen LogP contribution in [0.4, 0.5) is 17.1 Å². The number of anilines is 3. The largest absolute Gasteiger partial charge is 0.310 e. The predicted molar refractivity (Wildman–Crippen MR) is 281 cm³/mol. The minimum Gasteiger partial charge on any atom is -0.310 e. The summed E-state index contributed by atoms with van der Waals surface area (Å²) in [5, 5.41) is 10.1. The first kappa shape index (κ1) is 40.1. The van der Waals surface area contributed by atoms with E-state index in [-0.39, 0.29) is 0 Å². The number of aryl methyl sites for hydroxylation is 6. The van der Waals surface area contributed by atoms with E-state index < -0.39 is 0 Å². The van der Waals surface area contributed by atoms with Crippen molar-refractivity contribution in [3.05, 3.63) is 234 Å². The van der Waals surface area contributed by atoms with E-state index in [9.17, 15) is 0 Å². The van der Waals surface area contributed by atoms with Gasteiger partial charge in [0.2, 0.25) is 0 Å². The Morgan fingerprint density at radius 2 is 0.477 bits per heavy atom. The molecule has 0 aliphatic rings. The number of hydrogen-bond donors (Lipinski definition) is 0. The van der Waals surface area contributed by atoms with E-state index in [1.807, 2.05) is 0 Å². The lowest BCUT2D eigenvalue weighted by molar-refractivity contribution is 1.18. The Morgan fingerprint density at radius 3 is 0.831 bits per heavy atom. The SMILES string of the molecule is Cc1cc(N(c2cc(C)c(-c3cccc4ccccc34)cc2C)c2cc(C)c(-c3ccc(-c4cccc5ccccc45)c4ccccc34)cc2C)c(C)cc1-c1cccc2ccccc12. The zero-order valence-electron chi connectivity index (χ0n) is 38.0. The Hall–Kier alpha value is -7.74. The summed E-state index contributed by atoms with van der Waals surface area (Å²) in [4.78, 5) is 2.54. The molecule has 0 N–H and O–H groups in total. The molecule has 1 nitrogen and oxygen atoms in total. The number of hydrogen-bond acceptors (Lipinski definition) is 1. The zero-order valence-corrected chi connectivity index (χ0v) is 38.0. The van der Waals surface area contributed by atoms with Crippen LogP contribution in [0.1, 0.15) is 33.4 Å². The molecule has 0 spiro atoms. The zero-order chi connectivity index (χ0) is 44.3. The molecule has 65 heavy (non-hydrogen) atoms. The minimum atomic E-state index is 1.18. The summed E-state index contributed by atoms with van der Waals surface area (Å²) in [7, 11) is 0. The fourth-order valence-electron chi connectivity index (χ4n) is 10.5. The van der Waals surface area contributed by atoms with Gasteiger partial charge in [0.1, 0.15) is 0 Å². The maximum atomic E-state index is 2.54. The van der Waals surface area contributed by atoms with Crippen LogP contribution in [-0.4, -0.2) is 0 Å². The van der Waals surface area contributed by atoms with E-state index in [1.54, 1.807) is 0 Å². The Labute approximate surface area is 382 Å². The van der Waals surface area contributed by atoms with E-state index >= 15 is 0 Å². The Kier molecular flexibility index (Phi) is 9.93. The van der Waals surface area contributed by atoms with E-state index in [0.29, 0.717) is 0 Å². The number of rotatable bonds is 7. The third-order valence-corrected chi connectivity index (χ3v) is 13.8. The maximum Gasteiger partial charge on any atom is 0.0494 e. The van der Waals surface area contributed by atoms with Crippen LogP contribution in [0, 0.1) is 41.5 Å². The summed E-state index contributed by atoms with van der Waals surface area (Å²) < 4.78 is 0. The third kappa shape index (κ3) is 6.87. The highest BCUT2D eigenvalue weighted by molar-refractivity contribution is 6.10. The van der Waals surface area contributed by atoms with Crippen molar-refractivity contribution in [3.63, 3.8) is 0 Å². The molecule has 0 aliphatic heterocycles. The summed E-state index contributed by atoms with van der Waals surface area (Å²) in [5.74, 6) is 0. The average Bonchev–Trinajstić information content (AvgIpc) is 3.33. The Bertz CT molecular complexity index is 3530. The first-order valence-corrected chi connectivity index (χ1v) is 22.8. The summed E-state index contributed by atoms with van der Waals surface area (Å²) >= 11 is 0. The lowest BCUT2D eigenvalue weighted by Crippen LogP contribution is -2.15. The van der Waals surface area contributed by atoms with Crippen molar-refractivity contribution in [3.8, 4) is 44.5 Å². The van der Waals surface area contributed by atoms with Crippen molar-refractivity contribution in [2.75, 3.05) is 4.90 Å². The highest BCUT2D eigenvalue weighted by atomic mass is 15.1. The molecule has 1 heteroatoms. The van der Waals surface area contributed by atoms with E-state index in [0.717, 1.165) is 0 Å². The van der Waals surface area contributed by atoms with Crippen molar-refractivity contribution in [2.45, 2.75) is 41.5 Å². The molecule has 0 saturated carbocycles. The van der Waals surface area contributed by atoms with E-state index in [4.69, 9.17) is 0 Å². The lowest BCUT2D eigenvalue weighted by atomic mass is 9.88. The highest BCUT2D eigenvalue weighted by Gasteiger charge is 2.24. The average molecular weight is 834 g/mol. The summed E-state index contributed by atoms with van der Waals surface area (Å²) in [6.07, 6.45) is 0. The smallest absolute Gasteiger partial charge is 0.0494 e. The maximum absolute atomic E-state index is 2.54. The second-order valence-electron chi connectivity index (χ2n) is 18.0. The van der Waals surface area contributed by atoms with Crippen LogP contribution in [0.25, 0.3) is 87.6 Å². The molecule has 0 heterocycles. The number of nitrogens with zero attached hydrogens (tertiary/aromatic N) is 1. The van der Waals surface area contributed by atoms with Gasteiger partial charge in [-0.2, -0.15) is 0 Å². The predicted octanol–water partition coefficient (Wildman–Crippen LogP) is 18.3. The van der Waals surface area contributed by atoms with Crippen molar-refractivity contribution in [1.82, 2.24) is 0 Å². The van der Waals surface area contributed by atoms with Crippen LogP contribution in [0.3, 0.4) is 0 Å². The summed E-state index contributed by atoms with van der Waals surface area (Å²) in [6.45, 7) is 13.7. The topological polar surface area (TPSA) is 3.24 Å². The highest BCUT2D eigenvalue weighted by Crippen LogP contribution is 2.47. The van der Waals surface area contributed by atoms with E-state index in [2.05, 4.69) is 247 Å². The molecule has 0 bridgehead atoms. The van der Waals surface area contributed by atoms with Gasteiger partial charge in [-0.25, -0.2) is 0 Å². The molecule has 0 saturated heterocycles. The molecule has 0 fully saturated rings. The normalized spacial score (nSPS) is 11.5. The van der Waals surface area contributed by atoms with Crippen LogP contribution in [0.2, 0.25) is 0 Å². The fourth-order valence-corrected chi connectivity index (χ4v) is 10.5. The van der Waals surface area contributed by atoms with Crippen molar-refractivity contribution in [2.24, 2.45) is 0 Å². The van der Waals surface area contributed by atoms with Gasteiger partial charge < -0.3 is 4.90 Å². The second-order valence-corrected chi connectivity index (χ2v) is 18.0. The molecule has 312 valence electrons. The molecule has 11 aromatic carbocycles. The molecule has 0 amide bonds. The second kappa shape index (κ2) is 16.1. The van der Waals surface area contributed by atoms with E-state index in [1.165, 1.54) is 138 Å². The molecule has 0 unspecified atom stereocenters. The Morgan fingerprint density at radius 1 is 0.215 bits per heavy atom. The van der Waals surface area contributed by atoms with Gasteiger partial charge in [-0.05, 0) is 199 Å². The van der Waals surface area contributed by atoms with Gasteiger partial charge in [-0.15, -0.1) is 0 Å². The number of fused-ring (bicyclic) bond motifs is 4. The quantitative estimate of drug-likeness (QED) is 0.155.